The van der Waals surface area contributed by atoms with Crippen molar-refractivity contribution < 1.29 is 14.1 Å². The van der Waals surface area contributed by atoms with Crippen LogP contribution < -0.4 is 10.2 Å². The summed E-state index contributed by atoms with van der Waals surface area (Å²) in [6.07, 6.45) is 3.66. The molecule has 0 spiro atoms. The number of hydrogen-bond acceptors (Lipinski definition) is 3. The molecule has 2 aromatic heterocycles. The molecule has 0 bridgehead atoms. The quantitative estimate of drug-likeness (QED) is 0.540. The molecule has 0 aliphatic heterocycles. The number of nitrogens with one attached hydrogen (secondary N) is 2. The maximum atomic E-state index is 13.1. The summed E-state index contributed by atoms with van der Waals surface area (Å²) in [5, 5.41) is 7.79. The Morgan fingerprint density at radius 2 is 1.93 bits per heavy atom. The molecule has 1 amide bonds. The van der Waals surface area contributed by atoms with Crippen LogP contribution in [0.15, 0.2) is 53.1 Å². The minimum Gasteiger partial charge on any atom is -0.463 e. The van der Waals surface area contributed by atoms with Crippen LogP contribution in [0.3, 0.4) is 0 Å². The number of aryl methyl sites for hydroxylation is 1. The molecule has 3 aromatic rings. The zero-order valence-electron chi connectivity index (χ0n) is 18.4. The lowest BCUT2D eigenvalue weighted by Crippen LogP contribution is -3.11. The third-order valence-electron chi connectivity index (χ3n) is 5.54. The largest absolute Gasteiger partial charge is 0.463 e. The fraction of sp³-hybridized carbons (Fsp3) is 0.417. The molecule has 1 atom stereocenters. The molecule has 0 saturated heterocycles. The van der Waals surface area contributed by atoms with Crippen molar-refractivity contribution in [3.05, 3.63) is 60.0 Å². The van der Waals surface area contributed by atoms with Crippen LogP contribution in [-0.4, -0.2) is 41.4 Å². The summed E-state index contributed by atoms with van der Waals surface area (Å²) in [6, 6.07) is 13.5. The summed E-state index contributed by atoms with van der Waals surface area (Å²) >= 11 is 0. The van der Waals surface area contributed by atoms with Crippen LogP contribution in [0.5, 0.6) is 0 Å². The van der Waals surface area contributed by atoms with Crippen LogP contribution in [0.1, 0.15) is 49.7 Å². The van der Waals surface area contributed by atoms with E-state index in [1.54, 1.807) is 21.9 Å². The van der Waals surface area contributed by atoms with Gasteiger partial charge in [-0.15, -0.1) is 0 Å². The minimum absolute atomic E-state index is 0.0980. The van der Waals surface area contributed by atoms with Gasteiger partial charge in [-0.2, -0.15) is 5.10 Å². The lowest BCUT2D eigenvalue weighted by molar-refractivity contribution is -0.896. The van der Waals surface area contributed by atoms with Crippen LogP contribution in [0.2, 0.25) is 0 Å². The first kappa shape index (κ1) is 21.8. The van der Waals surface area contributed by atoms with Crippen molar-refractivity contribution in [3.63, 3.8) is 0 Å². The lowest BCUT2D eigenvalue weighted by atomic mass is 10.1. The van der Waals surface area contributed by atoms with Gasteiger partial charge in [0.05, 0.1) is 31.6 Å². The summed E-state index contributed by atoms with van der Waals surface area (Å²) in [5.41, 5.74) is 3.16. The highest BCUT2D eigenvalue weighted by atomic mass is 16.3. The number of aromatic nitrogens is 2. The Kier molecular flexibility index (Phi) is 7.46. The molecule has 0 unspecified atom stereocenters. The Bertz CT molecular complexity index is 925. The normalized spacial score (nSPS) is 12.3. The van der Waals surface area contributed by atoms with Crippen molar-refractivity contribution in [1.82, 2.24) is 15.1 Å². The number of carbonyl (C=O) groups excluding carboxylic acids is 1. The molecule has 30 heavy (non-hydrogen) atoms. The number of furan rings is 1. The van der Waals surface area contributed by atoms with Crippen molar-refractivity contribution in [3.8, 4) is 17.1 Å². The monoisotopic (exact) mass is 409 g/mol. The second kappa shape index (κ2) is 10.3. The predicted octanol–water partition coefficient (Wildman–Crippen LogP) is 3.26. The van der Waals surface area contributed by atoms with Crippen molar-refractivity contribution in [1.29, 1.82) is 0 Å². The first-order chi connectivity index (χ1) is 14.5. The van der Waals surface area contributed by atoms with Gasteiger partial charge in [0.1, 0.15) is 11.4 Å². The average molecular weight is 410 g/mol. The van der Waals surface area contributed by atoms with E-state index in [1.807, 2.05) is 43.3 Å². The van der Waals surface area contributed by atoms with E-state index >= 15 is 0 Å². The van der Waals surface area contributed by atoms with E-state index in [1.165, 1.54) is 0 Å². The highest BCUT2D eigenvalue weighted by Gasteiger charge is 2.20. The smallest absolute Gasteiger partial charge is 0.270 e. The summed E-state index contributed by atoms with van der Waals surface area (Å²) in [6.45, 7) is 12.0. The van der Waals surface area contributed by atoms with Gasteiger partial charge in [0.25, 0.3) is 5.91 Å². The maximum Gasteiger partial charge on any atom is 0.270 e. The predicted molar refractivity (Wildman–Crippen MR) is 119 cm³/mol. The van der Waals surface area contributed by atoms with Crippen molar-refractivity contribution in [2.75, 3.05) is 19.6 Å². The van der Waals surface area contributed by atoms with Gasteiger partial charge < -0.3 is 14.6 Å². The van der Waals surface area contributed by atoms with Crippen molar-refractivity contribution in [2.45, 2.75) is 46.6 Å². The minimum atomic E-state index is -0.122. The van der Waals surface area contributed by atoms with Gasteiger partial charge >= 0.3 is 0 Å². The molecule has 0 saturated carbocycles. The van der Waals surface area contributed by atoms with Crippen molar-refractivity contribution >= 4 is 5.91 Å². The molecule has 0 aliphatic carbocycles. The fourth-order valence-electron chi connectivity index (χ4n) is 3.60. The summed E-state index contributed by atoms with van der Waals surface area (Å²) in [7, 11) is 0. The second-order valence-electron chi connectivity index (χ2n) is 7.86. The van der Waals surface area contributed by atoms with Gasteiger partial charge in [-0.1, -0.05) is 17.7 Å². The van der Waals surface area contributed by atoms with E-state index in [0.717, 1.165) is 43.7 Å². The first-order valence-electron chi connectivity index (χ1n) is 10.9. The van der Waals surface area contributed by atoms with Gasteiger partial charge in [0.2, 0.25) is 0 Å². The molecule has 0 aliphatic rings. The molecule has 2 N–H and O–H groups in total. The molecule has 0 radical (unpaired) electrons. The molecular weight excluding hydrogens is 376 g/mol. The maximum absolute atomic E-state index is 13.1. The third kappa shape index (κ3) is 5.39. The van der Waals surface area contributed by atoms with Crippen LogP contribution >= 0.6 is 0 Å². The number of quaternary nitrogens is 1. The summed E-state index contributed by atoms with van der Waals surface area (Å²) < 4.78 is 7.18. The van der Waals surface area contributed by atoms with E-state index in [9.17, 15) is 4.79 Å². The molecule has 2 heterocycles. The van der Waals surface area contributed by atoms with Gasteiger partial charge in [0, 0.05) is 12.1 Å². The van der Waals surface area contributed by atoms with Gasteiger partial charge in [0.15, 0.2) is 5.76 Å². The second-order valence-corrected chi connectivity index (χ2v) is 7.86. The number of amides is 1. The van der Waals surface area contributed by atoms with E-state index in [2.05, 4.69) is 31.2 Å². The highest BCUT2D eigenvalue weighted by molar-refractivity contribution is 5.94. The third-order valence-corrected chi connectivity index (χ3v) is 5.54. The van der Waals surface area contributed by atoms with Crippen LogP contribution in [0.4, 0.5) is 0 Å². The Balaban J connectivity index is 1.76. The SMILES string of the molecule is CC[NH+](CC)CCC[C@H](C)NC(=O)c1cc(-c2ccco2)nn1-c1ccc(C)cc1. The van der Waals surface area contributed by atoms with E-state index in [0.29, 0.717) is 17.1 Å². The van der Waals surface area contributed by atoms with Crippen LogP contribution in [-0.2, 0) is 0 Å². The summed E-state index contributed by atoms with van der Waals surface area (Å²) in [5.74, 6) is 0.522. The molecule has 1 aromatic carbocycles. The zero-order valence-corrected chi connectivity index (χ0v) is 18.4. The highest BCUT2D eigenvalue weighted by Crippen LogP contribution is 2.22. The van der Waals surface area contributed by atoms with Crippen LogP contribution in [0.25, 0.3) is 17.1 Å². The molecule has 6 heteroatoms. The molecule has 0 fully saturated rings. The molecular formula is C24H33N4O2+. The Hall–Kier alpha value is -2.86. The molecule has 3 rings (SSSR count). The van der Waals surface area contributed by atoms with E-state index in [-0.39, 0.29) is 11.9 Å². The summed E-state index contributed by atoms with van der Waals surface area (Å²) in [4.78, 5) is 14.7. The number of benzene rings is 1. The first-order valence-corrected chi connectivity index (χ1v) is 10.9. The Labute approximate surface area is 178 Å². The fourth-order valence-corrected chi connectivity index (χ4v) is 3.60. The number of carbonyl (C=O) groups is 1. The van der Waals surface area contributed by atoms with Crippen molar-refractivity contribution in [2.24, 2.45) is 0 Å². The number of nitrogens with zero attached hydrogens (tertiary/aromatic N) is 2. The number of hydrogen-bond donors (Lipinski definition) is 2. The van der Waals surface area contributed by atoms with Gasteiger partial charge in [-0.3, -0.25) is 4.79 Å². The number of rotatable bonds is 10. The lowest BCUT2D eigenvalue weighted by Gasteiger charge is -2.18. The Morgan fingerprint density at radius 1 is 1.20 bits per heavy atom. The standard InChI is InChI=1S/C24H32N4O2/c1-5-27(6-2)15-7-9-19(4)25-24(29)22-17-21(23-10-8-16-30-23)26-28(22)20-13-11-18(3)12-14-20/h8,10-14,16-17,19H,5-7,9,15H2,1-4H3,(H,25,29)/p+1/t19-/m0/s1. The zero-order chi connectivity index (χ0) is 21.5. The molecule has 160 valence electrons. The van der Waals surface area contributed by atoms with Gasteiger partial charge in [-0.05, 0) is 64.8 Å². The Morgan fingerprint density at radius 3 is 2.57 bits per heavy atom. The van der Waals surface area contributed by atoms with Gasteiger partial charge in [-0.25, -0.2) is 4.68 Å². The van der Waals surface area contributed by atoms with E-state index < -0.39 is 0 Å². The molecule has 6 nitrogen and oxygen atoms in total. The van der Waals surface area contributed by atoms with E-state index in [4.69, 9.17) is 4.42 Å². The average Bonchev–Trinajstić information content (AvgIpc) is 3.41. The topological polar surface area (TPSA) is 64.5 Å². The van der Waals surface area contributed by atoms with Crippen LogP contribution in [0, 0.1) is 6.92 Å².